The van der Waals surface area contributed by atoms with Crippen LogP contribution in [0.25, 0.3) is 0 Å². The summed E-state index contributed by atoms with van der Waals surface area (Å²) in [4.78, 5) is 39.2. The van der Waals surface area contributed by atoms with Gasteiger partial charge in [0.25, 0.3) is 5.91 Å². The van der Waals surface area contributed by atoms with E-state index in [1.54, 1.807) is 32.0 Å². The fraction of sp³-hybridized carbons (Fsp3) is 0.360. The predicted octanol–water partition coefficient (Wildman–Crippen LogP) is 4.59. The number of carbonyl (C=O) groups is 2. The summed E-state index contributed by atoms with van der Waals surface area (Å²) in [5, 5.41) is 3.97. The van der Waals surface area contributed by atoms with Gasteiger partial charge in [-0.15, -0.1) is 0 Å². The number of amides is 2. The van der Waals surface area contributed by atoms with Crippen LogP contribution in [0.1, 0.15) is 35.7 Å². The standard InChI is InChI=1S/C25H27N5O3S2/c1-15-10-20(33-3)19(24(32)29-13-17-7-8-18(14-29)30(17)16(2)31)11-21(15)34-23-12-27-25(35-23)28-22-6-4-5-9-26-22/h4-6,9-12,17-18H,7-8,13-14H2,1-3H3,(H,26,27,28)/t17-,18+. The Morgan fingerprint density at radius 3 is 2.60 bits per heavy atom. The number of nitrogens with zero attached hydrogens (tertiary/aromatic N) is 4. The molecule has 4 heterocycles. The van der Waals surface area contributed by atoms with Crippen molar-refractivity contribution in [2.45, 2.75) is 47.9 Å². The minimum atomic E-state index is -0.0504. The number of aryl methyl sites for hydroxylation is 1. The molecule has 35 heavy (non-hydrogen) atoms. The highest BCUT2D eigenvalue weighted by Crippen LogP contribution is 2.39. The van der Waals surface area contributed by atoms with E-state index < -0.39 is 0 Å². The van der Waals surface area contributed by atoms with E-state index in [1.807, 2.05) is 53.3 Å². The quantitative estimate of drug-likeness (QED) is 0.520. The number of nitrogens with one attached hydrogen (secondary N) is 1. The van der Waals surface area contributed by atoms with Gasteiger partial charge in [0.2, 0.25) is 5.91 Å². The molecule has 2 amide bonds. The van der Waals surface area contributed by atoms with Crippen molar-refractivity contribution < 1.29 is 14.3 Å². The van der Waals surface area contributed by atoms with Gasteiger partial charge in [0.1, 0.15) is 11.6 Å². The van der Waals surface area contributed by atoms with Crippen molar-refractivity contribution in [3.63, 3.8) is 0 Å². The van der Waals surface area contributed by atoms with E-state index in [2.05, 4.69) is 15.3 Å². The lowest BCUT2D eigenvalue weighted by molar-refractivity contribution is -0.134. The Balaban J connectivity index is 1.35. The molecule has 10 heteroatoms. The molecule has 0 spiro atoms. The van der Waals surface area contributed by atoms with Gasteiger partial charge < -0.3 is 19.9 Å². The topological polar surface area (TPSA) is 87.7 Å². The largest absolute Gasteiger partial charge is 0.496 e. The number of aromatic nitrogens is 2. The van der Waals surface area contributed by atoms with E-state index in [-0.39, 0.29) is 23.9 Å². The number of anilines is 2. The number of ether oxygens (including phenoxy) is 1. The van der Waals surface area contributed by atoms with Crippen molar-refractivity contribution in [3.05, 3.63) is 53.9 Å². The lowest BCUT2D eigenvalue weighted by Crippen LogP contribution is -2.56. The zero-order chi connectivity index (χ0) is 24.5. The smallest absolute Gasteiger partial charge is 0.257 e. The minimum absolute atomic E-state index is 0.0504. The third-order valence-corrected chi connectivity index (χ3v) is 8.63. The highest BCUT2D eigenvalue weighted by molar-refractivity contribution is 8.01. The van der Waals surface area contributed by atoms with Crippen LogP contribution >= 0.6 is 23.1 Å². The molecule has 2 aromatic heterocycles. The number of carbonyl (C=O) groups excluding carboxylic acids is 2. The summed E-state index contributed by atoms with van der Waals surface area (Å²) in [6, 6.07) is 9.72. The maximum atomic E-state index is 13.6. The number of methoxy groups -OCH3 is 1. The van der Waals surface area contributed by atoms with Crippen LogP contribution in [0.15, 0.2) is 51.8 Å². The predicted molar refractivity (Wildman–Crippen MR) is 137 cm³/mol. The molecule has 2 aliphatic rings. The van der Waals surface area contributed by atoms with Crippen LogP contribution in [0.4, 0.5) is 10.9 Å². The SMILES string of the molecule is COc1cc(C)c(Sc2cnc(Nc3ccccn3)s2)cc1C(=O)N1C[C@H]2CC[C@@H](C1)N2C(C)=O. The first-order valence-corrected chi connectivity index (χ1v) is 13.1. The van der Waals surface area contributed by atoms with E-state index in [0.29, 0.717) is 24.4 Å². The lowest BCUT2D eigenvalue weighted by atomic mass is 10.1. The average molecular weight is 510 g/mol. The fourth-order valence-corrected chi connectivity index (χ4v) is 6.83. The summed E-state index contributed by atoms with van der Waals surface area (Å²) in [6.45, 7) is 4.75. The number of hydrogen-bond donors (Lipinski definition) is 1. The average Bonchev–Trinajstić information content (AvgIpc) is 3.40. The number of thiazole rings is 1. The molecule has 2 saturated heterocycles. The third-order valence-electron chi connectivity index (χ3n) is 6.46. The first-order chi connectivity index (χ1) is 16.9. The molecule has 1 N–H and O–H groups in total. The molecule has 0 aliphatic carbocycles. The van der Waals surface area contributed by atoms with Gasteiger partial charge in [-0.05, 0) is 49.6 Å². The van der Waals surface area contributed by atoms with Crippen molar-refractivity contribution in [1.29, 1.82) is 0 Å². The summed E-state index contributed by atoms with van der Waals surface area (Å²) in [5.74, 6) is 1.36. The molecular weight excluding hydrogens is 482 g/mol. The maximum Gasteiger partial charge on any atom is 0.257 e. The minimum Gasteiger partial charge on any atom is -0.496 e. The second-order valence-corrected chi connectivity index (χ2v) is 11.1. The van der Waals surface area contributed by atoms with E-state index in [0.717, 1.165) is 38.5 Å². The molecular formula is C25H27N5O3S2. The van der Waals surface area contributed by atoms with Gasteiger partial charge in [-0.25, -0.2) is 9.97 Å². The lowest BCUT2D eigenvalue weighted by Gasteiger charge is -2.40. The molecule has 2 fully saturated rings. The van der Waals surface area contributed by atoms with Gasteiger partial charge in [-0.3, -0.25) is 9.59 Å². The Labute approximate surface area is 212 Å². The molecule has 3 aromatic rings. The van der Waals surface area contributed by atoms with Crippen LogP contribution in [0.2, 0.25) is 0 Å². The Kier molecular flexibility index (Phi) is 6.66. The van der Waals surface area contributed by atoms with Gasteiger partial charge in [0.15, 0.2) is 5.13 Å². The normalized spacial score (nSPS) is 19.1. The number of hydrogen-bond acceptors (Lipinski definition) is 8. The summed E-state index contributed by atoms with van der Waals surface area (Å²) in [6.07, 6.45) is 5.45. The van der Waals surface area contributed by atoms with Crippen molar-refractivity contribution in [2.24, 2.45) is 0 Å². The highest BCUT2D eigenvalue weighted by atomic mass is 32.2. The van der Waals surface area contributed by atoms with Gasteiger partial charge in [0, 0.05) is 43.2 Å². The first-order valence-electron chi connectivity index (χ1n) is 11.5. The maximum absolute atomic E-state index is 13.6. The monoisotopic (exact) mass is 509 g/mol. The second kappa shape index (κ2) is 9.87. The van der Waals surface area contributed by atoms with Crippen LogP contribution in [-0.2, 0) is 4.79 Å². The van der Waals surface area contributed by atoms with E-state index in [1.165, 1.54) is 11.3 Å². The van der Waals surface area contributed by atoms with Gasteiger partial charge in [-0.1, -0.05) is 29.2 Å². The molecule has 0 radical (unpaired) electrons. The zero-order valence-corrected chi connectivity index (χ0v) is 21.5. The summed E-state index contributed by atoms with van der Waals surface area (Å²) in [7, 11) is 1.59. The summed E-state index contributed by atoms with van der Waals surface area (Å²) >= 11 is 3.11. The van der Waals surface area contributed by atoms with Gasteiger partial charge in [0.05, 0.1) is 23.1 Å². The summed E-state index contributed by atoms with van der Waals surface area (Å²) < 4.78 is 6.60. The van der Waals surface area contributed by atoms with Crippen LogP contribution in [0, 0.1) is 6.92 Å². The Morgan fingerprint density at radius 1 is 1.17 bits per heavy atom. The molecule has 2 aliphatic heterocycles. The molecule has 5 rings (SSSR count). The first kappa shape index (κ1) is 23.6. The Bertz CT molecular complexity index is 1240. The highest BCUT2D eigenvalue weighted by Gasteiger charge is 2.43. The van der Waals surface area contributed by atoms with Gasteiger partial charge in [-0.2, -0.15) is 0 Å². The molecule has 8 nitrogen and oxygen atoms in total. The number of likely N-dealkylation sites (tertiary alicyclic amines) is 1. The third kappa shape index (κ3) is 4.85. The number of benzene rings is 1. The Hall–Kier alpha value is -3.11. The second-order valence-electron chi connectivity index (χ2n) is 8.77. The van der Waals surface area contributed by atoms with Gasteiger partial charge >= 0.3 is 0 Å². The number of rotatable bonds is 6. The van der Waals surface area contributed by atoms with Crippen molar-refractivity contribution >= 4 is 45.9 Å². The van der Waals surface area contributed by atoms with Crippen LogP contribution in [0.3, 0.4) is 0 Å². The van der Waals surface area contributed by atoms with Crippen LogP contribution in [-0.4, -0.2) is 63.9 Å². The summed E-state index contributed by atoms with van der Waals surface area (Å²) in [5.41, 5.74) is 1.57. The van der Waals surface area contributed by atoms with Crippen LogP contribution < -0.4 is 10.1 Å². The van der Waals surface area contributed by atoms with Crippen molar-refractivity contribution in [2.75, 3.05) is 25.5 Å². The zero-order valence-electron chi connectivity index (χ0n) is 19.9. The van der Waals surface area contributed by atoms with E-state index in [9.17, 15) is 9.59 Å². The molecule has 1 aromatic carbocycles. The van der Waals surface area contributed by atoms with Crippen molar-refractivity contribution in [1.82, 2.24) is 19.8 Å². The Morgan fingerprint density at radius 2 is 1.94 bits per heavy atom. The fourth-order valence-electron chi connectivity index (χ4n) is 4.88. The molecule has 2 bridgehead atoms. The van der Waals surface area contributed by atoms with E-state index >= 15 is 0 Å². The van der Waals surface area contributed by atoms with E-state index in [4.69, 9.17) is 4.74 Å². The molecule has 182 valence electrons. The molecule has 2 atom stereocenters. The van der Waals surface area contributed by atoms with Crippen LogP contribution in [0.5, 0.6) is 5.75 Å². The number of fused-ring (bicyclic) bond motifs is 2. The molecule has 0 saturated carbocycles. The number of piperazine rings is 1. The number of pyridine rings is 1. The molecule has 0 unspecified atom stereocenters. The van der Waals surface area contributed by atoms with Crippen molar-refractivity contribution in [3.8, 4) is 5.75 Å².